The quantitative estimate of drug-likeness (QED) is 0.656. The van der Waals surface area contributed by atoms with Gasteiger partial charge in [0.25, 0.3) is 0 Å². The Hall–Kier alpha value is -0.650. The standard InChI is InChI=1S/C11H20N2O3/c1-13(9-2-3-9)10(14)6-12-7-11(15)4-5-16-8-11/h9,12,15H,2-8H2,1H3. The van der Waals surface area contributed by atoms with Crippen molar-refractivity contribution in [3.63, 3.8) is 0 Å². The van der Waals surface area contributed by atoms with Gasteiger partial charge in [-0.25, -0.2) is 0 Å². The van der Waals surface area contributed by atoms with Gasteiger partial charge in [0.2, 0.25) is 5.91 Å². The number of likely N-dealkylation sites (N-methyl/N-ethyl adjacent to an activating group) is 1. The van der Waals surface area contributed by atoms with Crippen molar-refractivity contribution in [3.05, 3.63) is 0 Å². The Morgan fingerprint density at radius 2 is 2.38 bits per heavy atom. The molecule has 1 atom stereocenters. The van der Waals surface area contributed by atoms with Crippen molar-refractivity contribution in [1.29, 1.82) is 0 Å². The number of nitrogens with zero attached hydrogens (tertiary/aromatic N) is 1. The molecule has 2 N–H and O–H groups in total. The lowest BCUT2D eigenvalue weighted by atomic mass is 10.0. The summed E-state index contributed by atoms with van der Waals surface area (Å²) in [6, 6.07) is 0.451. The topological polar surface area (TPSA) is 61.8 Å². The average molecular weight is 228 g/mol. The van der Waals surface area contributed by atoms with E-state index in [0.29, 0.717) is 38.8 Å². The van der Waals surface area contributed by atoms with Gasteiger partial charge in [-0.2, -0.15) is 0 Å². The van der Waals surface area contributed by atoms with Crippen molar-refractivity contribution < 1.29 is 14.6 Å². The molecule has 92 valence electrons. The first-order valence-electron chi connectivity index (χ1n) is 5.87. The highest BCUT2D eigenvalue weighted by Gasteiger charge is 2.33. The molecule has 0 aromatic rings. The van der Waals surface area contributed by atoms with Gasteiger partial charge in [-0.3, -0.25) is 4.79 Å². The number of aliphatic hydroxyl groups is 1. The lowest BCUT2D eigenvalue weighted by Crippen LogP contribution is -2.45. The molecule has 1 saturated carbocycles. The third-order valence-corrected chi connectivity index (χ3v) is 3.30. The fraction of sp³-hybridized carbons (Fsp3) is 0.909. The van der Waals surface area contributed by atoms with E-state index < -0.39 is 5.60 Å². The number of hydrogen-bond acceptors (Lipinski definition) is 4. The van der Waals surface area contributed by atoms with Crippen LogP contribution in [0, 0.1) is 0 Å². The monoisotopic (exact) mass is 228 g/mol. The SMILES string of the molecule is CN(C(=O)CNCC1(O)CCOC1)C1CC1. The average Bonchev–Trinajstić information content (AvgIpc) is 3.01. The molecule has 1 aliphatic heterocycles. The van der Waals surface area contributed by atoms with Crippen molar-refractivity contribution in [2.45, 2.75) is 30.9 Å². The molecule has 0 aromatic carbocycles. The third-order valence-electron chi connectivity index (χ3n) is 3.30. The Bertz CT molecular complexity index is 260. The smallest absolute Gasteiger partial charge is 0.236 e. The molecule has 2 aliphatic rings. The van der Waals surface area contributed by atoms with Crippen LogP contribution < -0.4 is 5.32 Å². The van der Waals surface area contributed by atoms with Crippen LogP contribution in [0.4, 0.5) is 0 Å². The first kappa shape index (κ1) is 11.8. The van der Waals surface area contributed by atoms with Gasteiger partial charge in [0, 0.05) is 32.7 Å². The van der Waals surface area contributed by atoms with E-state index in [9.17, 15) is 9.90 Å². The second-order valence-corrected chi connectivity index (χ2v) is 4.87. The van der Waals surface area contributed by atoms with Gasteiger partial charge < -0.3 is 20.1 Å². The molecule has 1 aliphatic carbocycles. The van der Waals surface area contributed by atoms with Crippen LogP contribution in [0.5, 0.6) is 0 Å². The van der Waals surface area contributed by atoms with Crippen molar-refractivity contribution >= 4 is 5.91 Å². The second kappa shape index (κ2) is 4.69. The highest BCUT2D eigenvalue weighted by molar-refractivity contribution is 5.78. The number of carbonyl (C=O) groups is 1. The molecule has 0 aromatic heterocycles. The van der Waals surface area contributed by atoms with Crippen LogP contribution >= 0.6 is 0 Å². The molecule has 5 heteroatoms. The van der Waals surface area contributed by atoms with E-state index in [1.54, 1.807) is 4.90 Å². The molecule has 1 amide bonds. The molecule has 2 fully saturated rings. The van der Waals surface area contributed by atoms with Crippen LogP contribution in [-0.4, -0.2) is 60.9 Å². The Balaban J connectivity index is 1.65. The minimum atomic E-state index is -0.779. The summed E-state index contributed by atoms with van der Waals surface area (Å²) >= 11 is 0. The van der Waals surface area contributed by atoms with Crippen LogP contribution in [-0.2, 0) is 9.53 Å². The van der Waals surface area contributed by atoms with Gasteiger partial charge in [0.05, 0.1) is 13.2 Å². The van der Waals surface area contributed by atoms with E-state index >= 15 is 0 Å². The minimum Gasteiger partial charge on any atom is -0.386 e. The predicted octanol–water partition coefficient (Wildman–Crippen LogP) is -0.652. The summed E-state index contributed by atoms with van der Waals surface area (Å²) in [7, 11) is 1.84. The van der Waals surface area contributed by atoms with E-state index in [-0.39, 0.29) is 5.91 Å². The van der Waals surface area contributed by atoms with Gasteiger partial charge >= 0.3 is 0 Å². The summed E-state index contributed by atoms with van der Waals surface area (Å²) in [4.78, 5) is 13.4. The van der Waals surface area contributed by atoms with Gasteiger partial charge in [0.1, 0.15) is 5.60 Å². The Morgan fingerprint density at radius 3 is 2.94 bits per heavy atom. The molecule has 1 heterocycles. The largest absolute Gasteiger partial charge is 0.386 e. The molecule has 1 saturated heterocycles. The highest BCUT2D eigenvalue weighted by atomic mass is 16.5. The minimum absolute atomic E-state index is 0.102. The molecule has 16 heavy (non-hydrogen) atoms. The number of hydrogen-bond donors (Lipinski definition) is 2. The maximum atomic E-state index is 11.7. The maximum Gasteiger partial charge on any atom is 0.236 e. The molecule has 5 nitrogen and oxygen atoms in total. The van der Waals surface area contributed by atoms with E-state index in [1.807, 2.05) is 7.05 Å². The molecular weight excluding hydrogens is 208 g/mol. The van der Waals surface area contributed by atoms with Crippen LogP contribution in [0.2, 0.25) is 0 Å². The zero-order chi connectivity index (χ0) is 11.6. The third kappa shape index (κ3) is 2.93. The fourth-order valence-corrected chi connectivity index (χ4v) is 1.93. The summed E-state index contributed by atoms with van der Waals surface area (Å²) < 4.78 is 5.13. The Morgan fingerprint density at radius 1 is 1.62 bits per heavy atom. The Kier molecular flexibility index (Phi) is 3.47. The highest BCUT2D eigenvalue weighted by Crippen LogP contribution is 2.25. The summed E-state index contributed by atoms with van der Waals surface area (Å²) in [5.74, 6) is 0.102. The summed E-state index contributed by atoms with van der Waals surface area (Å²) in [6.07, 6.45) is 2.90. The zero-order valence-electron chi connectivity index (χ0n) is 9.74. The maximum absolute atomic E-state index is 11.7. The van der Waals surface area contributed by atoms with E-state index in [0.717, 1.165) is 12.8 Å². The van der Waals surface area contributed by atoms with Gasteiger partial charge in [-0.15, -0.1) is 0 Å². The van der Waals surface area contributed by atoms with E-state index in [4.69, 9.17) is 4.74 Å². The lowest BCUT2D eigenvalue weighted by molar-refractivity contribution is -0.129. The van der Waals surface area contributed by atoms with Crippen molar-refractivity contribution in [3.8, 4) is 0 Å². The van der Waals surface area contributed by atoms with Crippen molar-refractivity contribution in [1.82, 2.24) is 10.2 Å². The van der Waals surface area contributed by atoms with E-state index in [1.165, 1.54) is 0 Å². The number of nitrogens with one attached hydrogen (secondary N) is 1. The van der Waals surface area contributed by atoms with Crippen LogP contribution in [0.1, 0.15) is 19.3 Å². The van der Waals surface area contributed by atoms with Gasteiger partial charge in [0.15, 0.2) is 0 Å². The lowest BCUT2D eigenvalue weighted by Gasteiger charge is -2.22. The molecule has 2 rings (SSSR count). The molecular formula is C11H20N2O3. The van der Waals surface area contributed by atoms with Crippen LogP contribution in [0.25, 0.3) is 0 Å². The fourth-order valence-electron chi connectivity index (χ4n) is 1.93. The molecule has 0 bridgehead atoms. The summed E-state index contributed by atoms with van der Waals surface area (Å²) in [5, 5.41) is 13.0. The predicted molar refractivity (Wildman–Crippen MR) is 59.0 cm³/mol. The van der Waals surface area contributed by atoms with E-state index in [2.05, 4.69) is 5.32 Å². The summed E-state index contributed by atoms with van der Waals surface area (Å²) in [5.41, 5.74) is -0.779. The summed E-state index contributed by atoms with van der Waals surface area (Å²) in [6.45, 7) is 1.70. The van der Waals surface area contributed by atoms with Crippen LogP contribution in [0.3, 0.4) is 0 Å². The Labute approximate surface area is 95.8 Å². The molecule has 1 unspecified atom stereocenters. The molecule has 0 radical (unpaired) electrons. The second-order valence-electron chi connectivity index (χ2n) is 4.87. The van der Waals surface area contributed by atoms with Gasteiger partial charge in [-0.05, 0) is 12.8 Å². The number of ether oxygens (including phenoxy) is 1. The molecule has 0 spiro atoms. The number of rotatable bonds is 5. The van der Waals surface area contributed by atoms with Gasteiger partial charge in [-0.1, -0.05) is 0 Å². The number of carbonyl (C=O) groups excluding carboxylic acids is 1. The zero-order valence-corrected chi connectivity index (χ0v) is 9.74. The normalized spacial score (nSPS) is 29.4. The van der Waals surface area contributed by atoms with Crippen LogP contribution in [0.15, 0.2) is 0 Å². The number of amides is 1. The van der Waals surface area contributed by atoms with Crippen molar-refractivity contribution in [2.24, 2.45) is 0 Å². The first-order valence-corrected chi connectivity index (χ1v) is 5.87. The van der Waals surface area contributed by atoms with Crippen molar-refractivity contribution in [2.75, 3.05) is 33.4 Å². The first-order chi connectivity index (χ1) is 7.61.